The van der Waals surface area contributed by atoms with Gasteiger partial charge in [-0.25, -0.2) is 4.39 Å². The van der Waals surface area contributed by atoms with Gasteiger partial charge in [0.15, 0.2) is 0 Å². The predicted molar refractivity (Wildman–Crippen MR) is 80.9 cm³/mol. The molecule has 0 radical (unpaired) electrons. The minimum absolute atomic E-state index is 0.130. The second-order valence-electron chi connectivity index (χ2n) is 5.55. The molecule has 1 aliphatic heterocycles. The largest absolute Gasteiger partial charge is 0.351 e. The van der Waals surface area contributed by atoms with Gasteiger partial charge in [0.2, 0.25) is 0 Å². The van der Waals surface area contributed by atoms with E-state index in [9.17, 15) is 9.18 Å². The third-order valence-electron chi connectivity index (χ3n) is 4.23. The minimum Gasteiger partial charge on any atom is -0.351 e. The van der Waals surface area contributed by atoms with Crippen LogP contribution in [0.1, 0.15) is 30.3 Å². The number of benzene rings is 1. The molecule has 2 heterocycles. The molecule has 1 atom stereocenters. The smallest absolute Gasteiger partial charge is 0.267 e. The van der Waals surface area contributed by atoms with Crippen molar-refractivity contribution in [2.75, 3.05) is 19.6 Å². The number of fused-ring (bicyclic) bond motifs is 1. The number of rotatable bonds is 4. The van der Waals surface area contributed by atoms with Crippen molar-refractivity contribution in [1.29, 1.82) is 0 Å². The van der Waals surface area contributed by atoms with Crippen molar-refractivity contribution < 1.29 is 9.18 Å². The third kappa shape index (κ3) is 2.93. The van der Waals surface area contributed by atoms with Crippen molar-refractivity contribution in [3.05, 3.63) is 35.8 Å². The van der Waals surface area contributed by atoms with Crippen LogP contribution in [0.3, 0.4) is 0 Å². The van der Waals surface area contributed by atoms with E-state index < -0.39 is 0 Å². The molecule has 3 rings (SSSR count). The standard InChI is InChI=1S/C16H20FN3O/c1-2-20-7-3-4-13(20)10-18-16(21)15-9-11-8-12(17)5-6-14(11)19-15/h5-6,8-9,13,19H,2-4,7,10H2,1H3,(H,18,21)/t13-/m1/s1. The van der Waals surface area contributed by atoms with E-state index in [1.54, 1.807) is 12.1 Å². The fraction of sp³-hybridized carbons (Fsp3) is 0.438. The van der Waals surface area contributed by atoms with Crippen LogP contribution in [0.5, 0.6) is 0 Å². The van der Waals surface area contributed by atoms with Gasteiger partial charge in [-0.2, -0.15) is 0 Å². The summed E-state index contributed by atoms with van der Waals surface area (Å²) < 4.78 is 13.2. The van der Waals surface area contributed by atoms with Crippen LogP contribution >= 0.6 is 0 Å². The van der Waals surface area contributed by atoms with Gasteiger partial charge in [0, 0.05) is 23.5 Å². The Morgan fingerprint density at radius 1 is 1.48 bits per heavy atom. The molecule has 5 heteroatoms. The molecule has 2 aromatic rings. The van der Waals surface area contributed by atoms with Gasteiger partial charge in [-0.15, -0.1) is 0 Å². The normalized spacial score (nSPS) is 19.2. The Bertz CT molecular complexity index is 652. The topological polar surface area (TPSA) is 48.1 Å². The first-order valence-electron chi connectivity index (χ1n) is 7.48. The maximum Gasteiger partial charge on any atom is 0.267 e. The third-order valence-corrected chi connectivity index (χ3v) is 4.23. The molecule has 1 saturated heterocycles. The summed E-state index contributed by atoms with van der Waals surface area (Å²) in [6.45, 7) is 4.94. The van der Waals surface area contributed by atoms with E-state index in [-0.39, 0.29) is 11.7 Å². The number of H-pyrrole nitrogens is 1. The summed E-state index contributed by atoms with van der Waals surface area (Å²) in [5.74, 6) is -0.424. The summed E-state index contributed by atoms with van der Waals surface area (Å²) in [6.07, 6.45) is 2.33. The van der Waals surface area contributed by atoms with Crippen molar-refractivity contribution in [1.82, 2.24) is 15.2 Å². The summed E-state index contributed by atoms with van der Waals surface area (Å²) >= 11 is 0. The van der Waals surface area contributed by atoms with Gasteiger partial charge in [0.25, 0.3) is 5.91 Å². The van der Waals surface area contributed by atoms with E-state index in [2.05, 4.69) is 22.1 Å². The Labute approximate surface area is 123 Å². The van der Waals surface area contributed by atoms with Crippen molar-refractivity contribution in [2.24, 2.45) is 0 Å². The van der Waals surface area contributed by atoms with Gasteiger partial charge < -0.3 is 10.3 Å². The number of likely N-dealkylation sites (N-methyl/N-ethyl adjacent to an activating group) is 1. The second kappa shape index (κ2) is 5.85. The lowest BCUT2D eigenvalue weighted by Crippen LogP contribution is -2.40. The lowest BCUT2D eigenvalue weighted by Gasteiger charge is -2.22. The highest BCUT2D eigenvalue weighted by atomic mass is 19.1. The van der Waals surface area contributed by atoms with E-state index in [0.717, 1.165) is 30.4 Å². The summed E-state index contributed by atoms with van der Waals surface area (Å²) in [6, 6.07) is 6.59. The Morgan fingerprint density at radius 3 is 3.14 bits per heavy atom. The molecule has 0 aliphatic carbocycles. The van der Waals surface area contributed by atoms with Crippen LogP contribution in [0.2, 0.25) is 0 Å². The Hall–Kier alpha value is -1.88. The van der Waals surface area contributed by atoms with E-state index in [0.29, 0.717) is 18.3 Å². The predicted octanol–water partition coefficient (Wildman–Crippen LogP) is 2.52. The molecule has 2 N–H and O–H groups in total. The first kappa shape index (κ1) is 14.1. The van der Waals surface area contributed by atoms with Gasteiger partial charge in [0.05, 0.1) is 0 Å². The minimum atomic E-state index is -0.294. The molecule has 1 fully saturated rings. The average molecular weight is 289 g/mol. The quantitative estimate of drug-likeness (QED) is 0.908. The SMILES string of the molecule is CCN1CCC[C@@H]1CNC(=O)c1cc2cc(F)ccc2[nH]1. The van der Waals surface area contributed by atoms with Crippen LogP contribution in [0.4, 0.5) is 4.39 Å². The van der Waals surface area contributed by atoms with Crippen LogP contribution < -0.4 is 5.32 Å². The van der Waals surface area contributed by atoms with E-state index in [1.165, 1.54) is 18.6 Å². The first-order chi connectivity index (χ1) is 10.2. The lowest BCUT2D eigenvalue weighted by molar-refractivity contribution is 0.0937. The second-order valence-corrected chi connectivity index (χ2v) is 5.55. The number of carbonyl (C=O) groups excluding carboxylic acids is 1. The molecule has 1 aliphatic rings. The summed E-state index contributed by atoms with van der Waals surface area (Å²) in [4.78, 5) is 17.6. The number of carbonyl (C=O) groups is 1. The average Bonchev–Trinajstić information content (AvgIpc) is 3.10. The fourth-order valence-corrected chi connectivity index (χ4v) is 3.07. The van der Waals surface area contributed by atoms with E-state index in [1.807, 2.05) is 0 Å². The molecule has 1 amide bonds. The fourth-order valence-electron chi connectivity index (χ4n) is 3.07. The van der Waals surface area contributed by atoms with E-state index in [4.69, 9.17) is 0 Å². The number of nitrogens with zero attached hydrogens (tertiary/aromatic N) is 1. The highest BCUT2D eigenvalue weighted by Gasteiger charge is 2.23. The van der Waals surface area contributed by atoms with Crippen molar-refractivity contribution in [3.63, 3.8) is 0 Å². The number of aromatic amines is 1. The highest BCUT2D eigenvalue weighted by molar-refractivity contribution is 5.98. The number of aromatic nitrogens is 1. The zero-order chi connectivity index (χ0) is 14.8. The molecule has 1 aromatic carbocycles. The molecule has 0 bridgehead atoms. The number of likely N-dealkylation sites (tertiary alicyclic amines) is 1. The van der Waals surface area contributed by atoms with E-state index >= 15 is 0 Å². The number of halogens is 1. The molecule has 21 heavy (non-hydrogen) atoms. The van der Waals surface area contributed by atoms with Crippen LogP contribution in [0.25, 0.3) is 10.9 Å². The highest BCUT2D eigenvalue weighted by Crippen LogP contribution is 2.18. The van der Waals surface area contributed by atoms with Gasteiger partial charge >= 0.3 is 0 Å². The Morgan fingerprint density at radius 2 is 2.33 bits per heavy atom. The van der Waals surface area contributed by atoms with Crippen LogP contribution in [-0.2, 0) is 0 Å². The van der Waals surface area contributed by atoms with Crippen LogP contribution in [0.15, 0.2) is 24.3 Å². The van der Waals surface area contributed by atoms with Gasteiger partial charge in [-0.3, -0.25) is 9.69 Å². The van der Waals surface area contributed by atoms with Crippen molar-refractivity contribution in [3.8, 4) is 0 Å². The van der Waals surface area contributed by atoms with Crippen molar-refractivity contribution >= 4 is 16.8 Å². The molecule has 0 spiro atoms. The molecule has 112 valence electrons. The number of hydrogen-bond acceptors (Lipinski definition) is 2. The van der Waals surface area contributed by atoms with Gasteiger partial charge in [0.1, 0.15) is 11.5 Å². The Kier molecular flexibility index (Phi) is 3.92. The maximum absolute atomic E-state index is 13.2. The molecular formula is C16H20FN3O. The zero-order valence-electron chi connectivity index (χ0n) is 12.2. The monoisotopic (exact) mass is 289 g/mol. The molecule has 0 unspecified atom stereocenters. The molecule has 0 saturated carbocycles. The molecule has 1 aromatic heterocycles. The number of hydrogen-bond donors (Lipinski definition) is 2. The summed E-state index contributed by atoms with van der Waals surface area (Å²) in [5, 5.41) is 3.69. The number of amides is 1. The lowest BCUT2D eigenvalue weighted by atomic mass is 10.2. The first-order valence-corrected chi connectivity index (χ1v) is 7.48. The maximum atomic E-state index is 13.2. The van der Waals surface area contributed by atoms with Crippen molar-refractivity contribution in [2.45, 2.75) is 25.8 Å². The summed E-state index contributed by atoms with van der Waals surface area (Å²) in [5.41, 5.74) is 1.26. The van der Waals surface area contributed by atoms with Gasteiger partial charge in [-0.05, 0) is 50.2 Å². The van der Waals surface area contributed by atoms with Gasteiger partial charge in [-0.1, -0.05) is 6.92 Å². The molecule has 4 nitrogen and oxygen atoms in total. The summed E-state index contributed by atoms with van der Waals surface area (Å²) in [7, 11) is 0. The molecular weight excluding hydrogens is 269 g/mol. The van der Waals surface area contributed by atoms with Crippen LogP contribution in [0, 0.1) is 5.82 Å². The van der Waals surface area contributed by atoms with Crippen LogP contribution in [-0.4, -0.2) is 41.5 Å². The number of nitrogens with one attached hydrogen (secondary N) is 2. The Balaban J connectivity index is 1.66. The zero-order valence-corrected chi connectivity index (χ0v) is 12.2.